The maximum Gasteiger partial charge on any atom is 0.306 e. The van der Waals surface area contributed by atoms with Crippen molar-refractivity contribution in [3.8, 4) is 0 Å². The molecule has 104 valence electrons. The maximum atomic E-state index is 11.9. The summed E-state index contributed by atoms with van der Waals surface area (Å²) in [7, 11) is 0. The molecule has 3 heteroatoms. The highest BCUT2D eigenvalue weighted by Crippen LogP contribution is 2.34. The normalized spacial score (nSPS) is 23.7. The average Bonchev–Trinajstić information content (AvgIpc) is 2.37. The number of Topliss-reactive ketones (excluding diaryl/α,β-unsaturated/α-hetero) is 1. The highest BCUT2D eigenvalue weighted by molar-refractivity contribution is 5.83. The lowest BCUT2D eigenvalue weighted by Crippen LogP contribution is -2.22. The Balaban J connectivity index is 2.27. The van der Waals surface area contributed by atoms with E-state index in [0.717, 1.165) is 0 Å². The first-order valence-corrected chi connectivity index (χ1v) is 7.34. The van der Waals surface area contributed by atoms with E-state index >= 15 is 0 Å². The van der Waals surface area contributed by atoms with Crippen molar-refractivity contribution in [3.05, 3.63) is 0 Å². The molecule has 0 amide bonds. The summed E-state index contributed by atoms with van der Waals surface area (Å²) < 4.78 is 4.83. The van der Waals surface area contributed by atoms with Crippen LogP contribution in [0.5, 0.6) is 0 Å². The predicted octanol–water partition coefficient (Wildman–Crippen LogP) is 3.51. The number of ketones is 1. The van der Waals surface area contributed by atoms with Gasteiger partial charge in [0.2, 0.25) is 0 Å². The molecule has 2 atom stereocenters. The van der Waals surface area contributed by atoms with Gasteiger partial charge in [0.1, 0.15) is 5.78 Å². The van der Waals surface area contributed by atoms with Gasteiger partial charge in [-0.15, -0.1) is 0 Å². The second kappa shape index (κ2) is 8.28. The molecule has 0 spiro atoms. The van der Waals surface area contributed by atoms with Gasteiger partial charge in [-0.25, -0.2) is 0 Å². The fourth-order valence-electron chi connectivity index (χ4n) is 2.96. The summed E-state index contributed by atoms with van der Waals surface area (Å²) >= 11 is 0. The van der Waals surface area contributed by atoms with Crippen LogP contribution in [0.3, 0.4) is 0 Å². The summed E-state index contributed by atoms with van der Waals surface area (Å²) in [5.74, 6) is 1.25. The molecule has 3 nitrogen and oxygen atoms in total. The number of ether oxygens (including phenoxy) is 1. The molecule has 0 radical (unpaired) electrons. The van der Waals surface area contributed by atoms with E-state index in [1.807, 2.05) is 0 Å². The van der Waals surface area contributed by atoms with Gasteiger partial charge in [0, 0.05) is 12.8 Å². The first-order chi connectivity index (χ1) is 8.67. The van der Waals surface area contributed by atoms with E-state index in [1.165, 1.54) is 32.1 Å². The minimum Gasteiger partial charge on any atom is -0.466 e. The average molecular weight is 254 g/mol. The fourth-order valence-corrected chi connectivity index (χ4v) is 2.96. The summed E-state index contributed by atoms with van der Waals surface area (Å²) in [5, 5.41) is 0. The first-order valence-electron chi connectivity index (χ1n) is 7.34. The molecule has 0 aromatic heterocycles. The molecular formula is C15H26O3. The van der Waals surface area contributed by atoms with Crippen molar-refractivity contribution in [1.82, 2.24) is 0 Å². The number of hydrogen-bond donors (Lipinski definition) is 0. The third-order valence-electron chi connectivity index (χ3n) is 3.99. The number of esters is 1. The van der Waals surface area contributed by atoms with Crippen LogP contribution in [-0.2, 0) is 14.3 Å². The number of rotatable bonds is 7. The number of carbonyl (C=O) groups is 2. The smallest absolute Gasteiger partial charge is 0.306 e. The second-order valence-corrected chi connectivity index (χ2v) is 5.26. The Kier molecular flexibility index (Phi) is 6.99. The molecule has 1 saturated carbocycles. The van der Waals surface area contributed by atoms with Gasteiger partial charge in [-0.05, 0) is 25.2 Å². The van der Waals surface area contributed by atoms with Crippen LogP contribution >= 0.6 is 0 Å². The van der Waals surface area contributed by atoms with Crippen LogP contribution in [0.25, 0.3) is 0 Å². The Labute approximate surface area is 110 Å². The summed E-state index contributed by atoms with van der Waals surface area (Å²) in [6.45, 7) is 4.40. The molecular weight excluding hydrogens is 228 g/mol. The molecule has 0 bridgehead atoms. The van der Waals surface area contributed by atoms with Crippen molar-refractivity contribution in [2.45, 2.75) is 65.2 Å². The van der Waals surface area contributed by atoms with Crippen molar-refractivity contribution in [3.63, 3.8) is 0 Å². The highest BCUT2D eigenvalue weighted by atomic mass is 16.5. The van der Waals surface area contributed by atoms with Gasteiger partial charge in [-0.2, -0.15) is 0 Å². The lowest BCUT2D eigenvalue weighted by molar-refractivity contribution is -0.144. The van der Waals surface area contributed by atoms with E-state index in [0.29, 0.717) is 31.3 Å². The highest BCUT2D eigenvalue weighted by Gasteiger charge is 2.25. The Morgan fingerprint density at radius 1 is 1.06 bits per heavy atom. The molecule has 0 N–H and O–H groups in total. The molecule has 0 heterocycles. The van der Waals surface area contributed by atoms with E-state index in [1.54, 1.807) is 6.92 Å². The Bertz CT molecular complexity index is 273. The molecule has 1 rings (SSSR count). The van der Waals surface area contributed by atoms with Crippen LogP contribution in [0, 0.1) is 11.8 Å². The van der Waals surface area contributed by atoms with E-state index in [2.05, 4.69) is 6.92 Å². The van der Waals surface area contributed by atoms with Crippen molar-refractivity contribution < 1.29 is 14.3 Å². The van der Waals surface area contributed by atoms with E-state index in [4.69, 9.17) is 4.74 Å². The number of carbonyl (C=O) groups excluding carboxylic acids is 2. The van der Waals surface area contributed by atoms with Crippen molar-refractivity contribution >= 4 is 11.8 Å². The standard InChI is InChI=1S/C15H26O3/c1-3-12-7-5-6-8-13(12)11-14(16)9-10-15(17)18-4-2/h12-13H,3-11H2,1-2H3. The zero-order chi connectivity index (χ0) is 13.4. The van der Waals surface area contributed by atoms with Gasteiger partial charge in [0.25, 0.3) is 0 Å². The summed E-state index contributed by atoms with van der Waals surface area (Å²) in [5.41, 5.74) is 0. The molecule has 1 aliphatic rings. The Morgan fingerprint density at radius 3 is 2.33 bits per heavy atom. The van der Waals surface area contributed by atoms with Crippen molar-refractivity contribution in [2.24, 2.45) is 11.8 Å². The minimum atomic E-state index is -0.249. The third-order valence-corrected chi connectivity index (χ3v) is 3.99. The predicted molar refractivity (Wildman–Crippen MR) is 71.2 cm³/mol. The van der Waals surface area contributed by atoms with Gasteiger partial charge < -0.3 is 4.74 Å². The summed E-state index contributed by atoms with van der Waals surface area (Å²) in [6, 6.07) is 0. The first kappa shape index (κ1) is 15.2. The lowest BCUT2D eigenvalue weighted by Gasteiger charge is -2.30. The van der Waals surface area contributed by atoms with Gasteiger partial charge in [-0.1, -0.05) is 32.6 Å². The Hall–Kier alpha value is -0.860. The van der Waals surface area contributed by atoms with Gasteiger partial charge >= 0.3 is 5.97 Å². The zero-order valence-electron chi connectivity index (χ0n) is 11.7. The van der Waals surface area contributed by atoms with Gasteiger partial charge in [0.15, 0.2) is 0 Å². The van der Waals surface area contributed by atoms with Crippen LogP contribution < -0.4 is 0 Å². The fraction of sp³-hybridized carbons (Fsp3) is 0.867. The van der Waals surface area contributed by atoms with Gasteiger partial charge in [0.05, 0.1) is 13.0 Å². The SMILES string of the molecule is CCOC(=O)CCC(=O)CC1CCCCC1CC. The topological polar surface area (TPSA) is 43.4 Å². The van der Waals surface area contributed by atoms with E-state index < -0.39 is 0 Å². The lowest BCUT2D eigenvalue weighted by atomic mass is 9.75. The molecule has 2 unspecified atom stereocenters. The largest absolute Gasteiger partial charge is 0.466 e. The molecule has 0 aliphatic heterocycles. The maximum absolute atomic E-state index is 11.9. The second-order valence-electron chi connectivity index (χ2n) is 5.26. The molecule has 1 aliphatic carbocycles. The van der Waals surface area contributed by atoms with Crippen molar-refractivity contribution in [1.29, 1.82) is 0 Å². The van der Waals surface area contributed by atoms with E-state index in [9.17, 15) is 9.59 Å². The van der Waals surface area contributed by atoms with Crippen molar-refractivity contribution in [2.75, 3.05) is 6.61 Å². The van der Waals surface area contributed by atoms with E-state index in [-0.39, 0.29) is 18.2 Å². The monoisotopic (exact) mass is 254 g/mol. The van der Waals surface area contributed by atoms with Crippen LogP contribution in [0.2, 0.25) is 0 Å². The van der Waals surface area contributed by atoms with Crippen LogP contribution in [0.15, 0.2) is 0 Å². The zero-order valence-corrected chi connectivity index (χ0v) is 11.7. The van der Waals surface area contributed by atoms with Crippen LogP contribution in [0.4, 0.5) is 0 Å². The third kappa shape index (κ3) is 5.19. The molecule has 0 saturated heterocycles. The summed E-state index contributed by atoms with van der Waals surface area (Å²) in [4.78, 5) is 23.1. The molecule has 0 aromatic rings. The number of hydrogen-bond acceptors (Lipinski definition) is 3. The van der Waals surface area contributed by atoms with Crippen LogP contribution in [-0.4, -0.2) is 18.4 Å². The Morgan fingerprint density at radius 2 is 1.72 bits per heavy atom. The van der Waals surface area contributed by atoms with Crippen LogP contribution in [0.1, 0.15) is 65.2 Å². The minimum absolute atomic E-state index is 0.230. The molecule has 18 heavy (non-hydrogen) atoms. The van der Waals surface area contributed by atoms with Gasteiger partial charge in [-0.3, -0.25) is 9.59 Å². The molecule has 1 fully saturated rings. The molecule has 0 aromatic carbocycles. The summed E-state index contributed by atoms with van der Waals surface area (Å²) in [6.07, 6.45) is 7.46. The quantitative estimate of drug-likeness (QED) is 0.653.